The predicted octanol–water partition coefficient (Wildman–Crippen LogP) is 2.63. The number of nitrogens with one attached hydrogen (secondary N) is 1. The van der Waals surface area contributed by atoms with Crippen molar-refractivity contribution >= 4 is 34.5 Å². The van der Waals surface area contributed by atoms with E-state index >= 15 is 0 Å². The molecule has 0 radical (unpaired) electrons. The van der Waals surface area contributed by atoms with Crippen LogP contribution in [0.25, 0.3) is 0 Å². The SMILES string of the molecule is Cc1nn(C)cc1CNc1ccc(Cl)cc1C(N)=S. The lowest BCUT2D eigenvalue weighted by atomic mass is 10.1. The molecule has 0 fully saturated rings. The summed E-state index contributed by atoms with van der Waals surface area (Å²) in [5, 5.41) is 8.23. The molecule has 0 spiro atoms. The topological polar surface area (TPSA) is 55.9 Å². The Morgan fingerprint density at radius 3 is 2.84 bits per heavy atom. The lowest BCUT2D eigenvalue weighted by Crippen LogP contribution is -2.13. The van der Waals surface area contributed by atoms with E-state index in [0.717, 1.165) is 22.5 Å². The fourth-order valence-electron chi connectivity index (χ4n) is 1.89. The molecule has 2 aromatic rings. The van der Waals surface area contributed by atoms with Crippen molar-refractivity contribution in [2.45, 2.75) is 13.5 Å². The van der Waals surface area contributed by atoms with E-state index in [4.69, 9.17) is 29.6 Å². The number of nitrogens with zero attached hydrogens (tertiary/aromatic N) is 2. The molecular formula is C13H15ClN4S. The highest BCUT2D eigenvalue weighted by Gasteiger charge is 2.08. The largest absolute Gasteiger partial charge is 0.389 e. The molecule has 2 rings (SSSR count). The molecule has 19 heavy (non-hydrogen) atoms. The van der Waals surface area contributed by atoms with E-state index in [1.165, 1.54) is 0 Å². The first-order chi connectivity index (χ1) is 8.97. The minimum atomic E-state index is 0.327. The van der Waals surface area contributed by atoms with Crippen molar-refractivity contribution < 1.29 is 0 Å². The van der Waals surface area contributed by atoms with Crippen LogP contribution in [0, 0.1) is 6.92 Å². The number of nitrogens with two attached hydrogens (primary N) is 1. The Morgan fingerprint density at radius 1 is 1.53 bits per heavy atom. The van der Waals surface area contributed by atoms with E-state index in [1.54, 1.807) is 10.7 Å². The Morgan fingerprint density at radius 2 is 2.26 bits per heavy atom. The zero-order chi connectivity index (χ0) is 14.0. The van der Waals surface area contributed by atoms with Gasteiger partial charge in [0, 0.05) is 41.6 Å². The van der Waals surface area contributed by atoms with Crippen LogP contribution < -0.4 is 11.1 Å². The number of benzene rings is 1. The van der Waals surface area contributed by atoms with Gasteiger partial charge in [-0.2, -0.15) is 5.10 Å². The molecule has 0 bridgehead atoms. The summed E-state index contributed by atoms with van der Waals surface area (Å²) in [6.45, 7) is 2.64. The van der Waals surface area contributed by atoms with Crippen LogP contribution in [-0.4, -0.2) is 14.8 Å². The van der Waals surface area contributed by atoms with Gasteiger partial charge in [0.1, 0.15) is 4.99 Å². The number of aryl methyl sites for hydroxylation is 2. The van der Waals surface area contributed by atoms with Gasteiger partial charge < -0.3 is 11.1 Å². The highest BCUT2D eigenvalue weighted by Crippen LogP contribution is 2.21. The fraction of sp³-hybridized carbons (Fsp3) is 0.231. The van der Waals surface area contributed by atoms with Crippen molar-refractivity contribution in [3.05, 3.63) is 46.2 Å². The third-order valence-electron chi connectivity index (χ3n) is 2.83. The molecule has 6 heteroatoms. The van der Waals surface area contributed by atoms with Crippen LogP contribution >= 0.6 is 23.8 Å². The van der Waals surface area contributed by atoms with E-state index in [9.17, 15) is 0 Å². The molecule has 0 unspecified atom stereocenters. The lowest BCUT2D eigenvalue weighted by Gasteiger charge is -2.11. The van der Waals surface area contributed by atoms with Crippen molar-refractivity contribution in [1.82, 2.24) is 9.78 Å². The van der Waals surface area contributed by atoms with Crippen LogP contribution in [0.2, 0.25) is 5.02 Å². The normalized spacial score (nSPS) is 10.5. The smallest absolute Gasteiger partial charge is 0.106 e. The van der Waals surface area contributed by atoms with E-state index in [1.807, 2.05) is 32.3 Å². The van der Waals surface area contributed by atoms with Gasteiger partial charge in [-0.15, -0.1) is 0 Å². The van der Waals surface area contributed by atoms with Gasteiger partial charge >= 0.3 is 0 Å². The summed E-state index contributed by atoms with van der Waals surface area (Å²) in [5.74, 6) is 0. The number of hydrogen-bond acceptors (Lipinski definition) is 3. The Balaban J connectivity index is 2.20. The van der Waals surface area contributed by atoms with Gasteiger partial charge in [-0.3, -0.25) is 4.68 Å². The van der Waals surface area contributed by atoms with Gasteiger partial charge in [-0.05, 0) is 25.1 Å². The number of hydrogen-bond donors (Lipinski definition) is 2. The van der Waals surface area contributed by atoms with Crippen molar-refractivity contribution in [3.8, 4) is 0 Å². The van der Waals surface area contributed by atoms with Gasteiger partial charge in [-0.25, -0.2) is 0 Å². The molecule has 1 heterocycles. The second kappa shape index (κ2) is 5.59. The van der Waals surface area contributed by atoms with Crippen LogP contribution in [-0.2, 0) is 13.6 Å². The first kappa shape index (κ1) is 13.8. The Hall–Kier alpha value is -1.59. The van der Waals surface area contributed by atoms with Gasteiger partial charge in [0.15, 0.2) is 0 Å². The Labute approximate surface area is 122 Å². The first-order valence-electron chi connectivity index (χ1n) is 5.79. The molecule has 1 aromatic heterocycles. The van der Waals surface area contributed by atoms with Gasteiger partial charge in [-0.1, -0.05) is 23.8 Å². The van der Waals surface area contributed by atoms with Crippen molar-refractivity contribution in [2.24, 2.45) is 12.8 Å². The number of rotatable bonds is 4. The Bertz CT molecular complexity index is 621. The van der Waals surface area contributed by atoms with Crippen molar-refractivity contribution in [3.63, 3.8) is 0 Å². The third kappa shape index (κ3) is 3.24. The summed E-state index contributed by atoms with van der Waals surface area (Å²) in [6.07, 6.45) is 1.98. The number of anilines is 1. The summed E-state index contributed by atoms with van der Waals surface area (Å²) < 4.78 is 1.79. The second-order valence-corrected chi connectivity index (χ2v) is 5.20. The van der Waals surface area contributed by atoms with Crippen LogP contribution in [0.15, 0.2) is 24.4 Å². The molecule has 0 saturated heterocycles. The maximum absolute atomic E-state index is 5.95. The highest BCUT2D eigenvalue weighted by molar-refractivity contribution is 7.80. The number of thiocarbonyl (C=S) groups is 1. The predicted molar refractivity (Wildman–Crippen MR) is 82.6 cm³/mol. The zero-order valence-electron chi connectivity index (χ0n) is 10.8. The quantitative estimate of drug-likeness (QED) is 0.851. The summed E-state index contributed by atoms with van der Waals surface area (Å²) in [5.41, 5.74) is 9.46. The van der Waals surface area contributed by atoms with E-state index in [2.05, 4.69) is 10.4 Å². The van der Waals surface area contributed by atoms with Crippen LogP contribution in [0.1, 0.15) is 16.8 Å². The zero-order valence-corrected chi connectivity index (χ0v) is 12.3. The molecule has 0 aliphatic rings. The van der Waals surface area contributed by atoms with Crippen molar-refractivity contribution in [1.29, 1.82) is 0 Å². The maximum Gasteiger partial charge on any atom is 0.106 e. The van der Waals surface area contributed by atoms with Crippen LogP contribution in [0.5, 0.6) is 0 Å². The molecule has 1 aromatic carbocycles. The molecule has 0 aliphatic heterocycles. The minimum absolute atomic E-state index is 0.327. The van der Waals surface area contributed by atoms with Gasteiger partial charge in [0.05, 0.1) is 5.69 Å². The van der Waals surface area contributed by atoms with Crippen LogP contribution in [0.3, 0.4) is 0 Å². The molecular weight excluding hydrogens is 280 g/mol. The van der Waals surface area contributed by atoms with Gasteiger partial charge in [0.2, 0.25) is 0 Å². The van der Waals surface area contributed by atoms with Crippen LogP contribution in [0.4, 0.5) is 5.69 Å². The van der Waals surface area contributed by atoms with E-state index in [-0.39, 0.29) is 0 Å². The third-order valence-corrected chi connectivity index (χ3v) is 3.29. The summed E-state index contributed by atoms with van der Waals surface area (Å²) in [7, 11) is 1.90. The average molecular weight is 295 g/mol. The fourth-order valence-corrected chi connectivity index (χ4v) is 2.23. The molecule has 3 N–H and O–H groups in total. The summed E-state index contributed by atoms with van der Waals surface area (Å²) >= 11 is 11.0. The second-order valence-electron chi connectivity index (χ2n) is 4.32. The maximum atomic E-state index is 5.95. The summed E-state index contributed by atoms with van der Waals surface area (Å²) in [6, 6.07) is 5.45. The molecule has 0 aliphatic carbocycles. The lowest BCUT2D eigenvalue weighted by molar-refractivity contribution is 0.756. The monoisotopic (exact) mass is 294 g/mol. The molecule has 100 valence electrons. The number of halogens is 1. The molecule has 0 saturated carbocycles. The molecule has 0 atom stereocenters. The van der Waals surface area contributed by atoms with E-state index < -0.39 is 0 Å². The number of aromatic nitrogens is 2. The standard InChI is InChI=1S/C13H15ClN4S/c1-8-9(7-18(2)17-8)6-16-12-4-3-10(14)5-11(12)13(15)19/h3-5,7,16H,6H2,1-2H3,(H2,15,19). The first-order valence-corrected chi connectivity index (χ1v) is 6.58. The van der Waals surface area contributed by atoms with E-state index in [0.29, 0.717) is 16.6 Å². The molecule has 4 nitrogen and oxygen atoms in total. The molecule has 0 amide bonds. The summed E-state index contributed by atoms with van der Waals surface area (Å²) in [4.78, 5) is 0.327. The highest BCUT2D eigenvalue weighted by atomic mass is 35.5. The van der Waals surface area contributed by atoms with Crippen molar-refractivity contribution in [2.75, 3.05) is 5.32 Å². The minimum Gasteiger partial charge on any atom is -0.389 e. The Kier molecular flexibility index (Phi) is 4.07. The average Bonchev–Trinajstić information content (AvgIpc) is 2.66. The van der Waals surface area contributed by atoms with Gasteiger partial charge in [0.25, 0.3) is 0 Å².